The highest BCUT2D eigenvalue weighted by molar-refractivity contribution is 5.91. The number of benzene rings is 1. The van der Waals surface area contributed by atoms with E-state index in [4.69, 9.17) is 0 Å². The number of halogens is 3. The van der Waals surface area contributed by atoms with Gasteiger partial charge in [-0.1, -0.05) is 31.4 Å². The molecule has 1 aromatic carbocycles. The average molecular weight is 356 g/mol. The van der Waals surface area contributed by atoms with E-state index >= 15 is 0 Å². The number of alkyl halides is 3. The lowest BCUT2D eigenvalue weighted by Crippen LogP contribution is -2.59. The zero-order valence-corrected chi connectivity index (χ0v) is 14.4. The van der Waals surface area contributed by atoms with Gasteiger partial charge in [-0.25, -0.2) is 0 Å². The van der Waals surface area contributed by atoms with E-state index in [2.05, 4.69) is 10.6 Å². The van der Waals surface area contributed by atoms with Crippen molar-refractivity contribution < 1.29 is 22.8 Å². The molecule has 0 aromatic heterocycles. The van der Waals surface area contributed by atoms with Gasteiger partial charge in [0, 0.05) is 6.92 Å². The summed E-state index contributed by atoms with van der Waals surface area (Å²) >= 11 is 0. The number of carbonyl (C=O) groups excluding carboxylic acids is 2. The van der Waals surface area contributed by atoms with Crippen molar-refractivity contribution in [1.82, 2.24) is 10.6 Å². The van der Waals surface area contributed by atoms with Crippen LogP contribution in [0.2, 0.25) is 0 Å². The number of nitrogens with one attached hydrogen (secondary N) is 2. The number of hydrogen-bond donors (Lipinski definition) is 2. The van der Waals surface area contributed by atoms with Crippen LogP contribution in [0.5, 0.6) is 0 Å². The summed E-state index contributed by atoms with van der Waals surface area (Å²) in [6.45, 7) is 3.09. The maximum Gasteiger partial charge on any atom is 0.416 e. The third-order valence-corrected chi connectivity index (χ3v) is 4.64. The zero-order chi connectivity index (χ0) is 18.7. The van der Waals surface area contributed by atoms with E-state index < -0.39 is 23.3 Å². The maximum absolute atomic E-state index is 12.8. The number of rotatable bonds is 4. The fraction of sp³-hybridized carbons (Fsp3) is 0.556. The highest BCUT2D eigenvalue weighted by atomic mass is 19.4. The Bertz CT molecular complexity index is 620. The van der Waals surface area contributed by atoms with Gasteiger partial charge in [-0.15, -0.1) is 0 Å². The van der Waals surface area contributed by atoms with Crippen molar-refractivity contribution in [3.8, 4) is 0 Å². The molecular formula is C18H23F3N2O2. The van der Waals surface area contributed by atoms with Crippen molar-refractivity contribution in [2.45, 2.75) is 63.7 Å². The van der Waals surface area contributed by atoms with Crippen LogP contribution in [0.25, 0.3) is 0 Å². The van der Waals surface area contributed by atoms with Gasteiger partial charge in [-0.05, 0) is 37.5 Å². The molecule has 2 N–H and O–H groups in total. The molecule has 0 radical (unpaired) electrons. The summed E-state index contributed by atoms with van der Waals surface area (Å²) in [6.07, 6.45) is -0.535. The van der Waals surface area contributed by atoms with E-state index in [1.807, 2.05) is 0 Å². The minimum atomic E-state index is -4.39. The molecule has 1 fully saturated rings. The fourth-order valence-corrected chi connectivity index (χ4v) is 3.28. The molecule has 1 saturated carbocycles. The first kappa shape index (κ1) is 19.3. The molecule has 0 spiro atoms. The predicted octanol–water partition coefficient (Wildman–Crippen LogP) is 3.72. The van der Waals surface area contributed by atoms with Crippen molar-refractivity contribution in [2.24, 2.45) is 0 Å². The first-order valence-corrected chi connectivity index (χ1v) is 8.41. The van der Waals surface area contributed by atoms with Crippen LogP contribution in [0, 0.1) is 0 Å². The van der Waals surface area contributed by atoms with Crippen LogP contribution in [0.3, 0.4) is 0 Å². The summed E-state index contributed by atoms with van der Waals surface area (Å²) in [4.78, 5) is 24.3. The Morgan fingerprint density at radius 2 is 1.64 bits per heavy atom. The van der Waals surface area contributed by atoms with Crippen LogP contribution < -0.4 is 10.6 Å². The lowest BCUT2D eigenvalue weighted by Gasteiger charge is -2.37. The van der Waals surface area contributed by atoms with Crippen molar-refractivity contribution in [1.29, 1.82) is 0 Å². The Balaban J connectivity index is 2.10. The van der Waals surface area contributed by atoms with Crippen molar-refractivity contribution in [2.75, 3.05) is 0 Å². The van der Waals surface area contributed by atoms with Crippen molar-refractivity contribution in [3.63, 3.8) is 0 Å². The molecule has 1 atom stereocenters. The summed E-state index contributed by atoms with van der Waals surface area (Å²) in [5, 5.41) is 5.62. The van der Waals surface area contributed by atoms with Gasteiger partial charge in [0.05, 0.1) is 11.6 Å². The molecule has 4 nitrogen and oxygen atoms in total. The molecule has 0 heterocycles. The van der Waals surface area contributed by atoms with Gasteiger partial charge in [0.1, 0.15) is 5.54 Å². The zero-order valence-electron chi connectivity index (χ0n) is 14.4. The van der Waals surface area contributed by atoms with Crippen molar-refractivity contribution >= 4 is 11.8 Å². The smallest absolute Gasteiger partial charge is 0.348 e. The van der Waals surface area contributed by atoms with Crippen LogP contribution in [0.1, 0.15) is 63.1 Å². The van der Waals surface area contributed by atoms with E-state index in [1.54, 1.807) is 6.92 Å². The molecule has 1 aromatic rings. The Kier molecular flexibility index (Phi) is 5.75. The first-order chi connectivity index (χ1) is 11.6. The quantitative estimate of drug-likeness (QED) is 0.864. The molecule has 2 rings (SSSR count). The van der Waals surface area contributed by atoms with Crippen LogP contribution in [-0.4, -0.2) is 17.4 Å². The fourth-order valence-electron chi connectivity index (χ4n) is 3.28. The van der Waals surface area contributed by atoms with Gasteiger partial charge in [-0.3, -0.25) is 9.59 Å². The second kappa shape index (κ2) is 7.45. The molecule has 7 heteroatoms. The molecule has 1 aliphatic carbocycles. The van der Waals surface area contributed by atoms with E-state index in [1.165, 1.54) is 19.1 Å². The Hall–Kier alpha value is -2.05. The third-order valence-electron chi connectivity index (χ3n) is 4.64. The molecule has 1 aliphatic rings. The summed E-state index contributed by atoms with van der Waals surface area (Å²) in [7, 11) is 0. The Labute approximate surface area is 145 Å². The summed E-state index contributed by atoms with van der Waals surface area (Å²) < 4.78 is 37.9. The van der Waals surface area contributed by atoms with Gasteiger partial charge in [0.2, 0.25) is 11.8 Å². The van der Waals surface area contributed by atoms with Crippen LogP contribution in [-0.2, 0) is 15.8 Å². The largest absolute Gasteiger partial charge is 0.416 e. The molecule has 25 heavy (non-hydrogen) atoms. The average Bonchev–Trinajstić information content (AvgIpc) is 2.54. The van der Waals surface area contributed by atoms with Gasteiger partial charge >= 0.3 is 6.18 Å². The Morgan fingerprint density at radius 1 is 1.08 bits per heavy atom. The second-order valence-corrected chi connectivity index (χ2v) is 6.64. The van der Waals surface area contributed by atoms with E-state index in [9.17, 15) is 22.8 Å². The monoisotopic (exact) mass is 356 g/mol. The van der Waals surface area contributed by atoms with Crippen LogP contribution >= 0.6 is 0 Å². The standard InChI is InChI=1S/C18H23F3N2O2/c1-12(14-6-8-15(9-7-14)18(19,20)21)22-16(25)17(23-13(2)24)10-4-3-5-11-17/h6-9,12H,3-5,10-11H2,1-2H3,(H,22,25)(H,23,24)/t12-/m1/s1. The summed E-state index contributed by atoms with van der Waals surface area (Å²) in [6, 6.07) is 4.27. The third kappa shape index (κ3) is 4.74. The highest BCUT2D eigenvalue weighted by Gasteiger charge is 2.40. The number of carbonyl (C=O) groups is 2. The van der Waals surface area contributed by atoms with E-state index in [0.717, 1.165) is 31.4 Å². The Morgan fingerprint density at radius 3 is 2.12 bits per heavy atom. The lowest BCUT2D eigenvalue weighted by atomic mass is 9.80. The minimum Gasteiger partial charge on any atom is -0.348 e. The predicted molar refractivity (Wildman–Crippen MR) is 87.6 cm³/mol. The van der Waals surface area contributed by atoms with Crippen molar-refractivity contribution in [3.05, 3.63) is 35.4 Å². The number of amides is 2. The second-order valence-electron chi connectivity index (χ2n) is 6.64. The van der Waals surface area contributed by atoms with Gasteiger partial charge in [0.15, 0.2) is 0 Å². The minimum absolute atomic E-state index is 0.265. The van der Waals surface area contributed by atoms with Crippen LogP contribution in [0.15, 0.2) is 24.3 Å². The topological polar surface area (TPSA) is 58.2 Å². The normalized spacial score (nSPS) is 18.3. The molecule has 0 unspecified atom stereocenters. The van der Waals surface area contributed by atoms with Crippen LogP contribution in [0.4, 0.5) is 13.2 Å². The van der Waals surface area contributed by atoms with Gasteiger partial charge in [-0.2, -0.15) is 13.2 Å². The van der Waals surface area contributed by atoms with E-state index in [0.29, 0.717) is 18.4 Å². The summed E-state index contributed by atoms with van der Waals surface area (Å²) in [5.74, 6) is -0.547. The molecular weight excluding hydrogens is 333 g/mol. The highest BCUT2D eigenvalue weighted by Crippen LogP contribution is 2.31. The summed E-state index contributed by atoms with van der Waals surface area (Å²) in [5.41, 5.74) is -1.07. The SMILES string of the molecule is CC(=O)NC1(C(=O)N[C@H](C)c2ccc(C(F)(F)F)cc2)CCCCC1. The molecule has 138 valence electrons. The molecule has 0 bridgehead atoms. The molecule has 0 aliphatic heterocycles. The first-order valence-electron chi connectivity index (χ1n) is 8.41. The van der Waals surface area contributed by atoms with E-state index in [-0.39, 0.29) is 11.8 Å². The maximum atomic E-state index is 12.8. The molecule has 2 amide bonds. The number of hydrogen-bond acceptors (Lipinski definition) is 2. The lowest BCUT2D eigenvalue weighted by molar-refractivity contribution is -0.137. The van der Waals surface area contributed by atoms with Gasteiger partial charge < -0.3 is 10.6 Å². The molecule has 0 saturated heterocycles. The van der Waals surface area contributed by atoms with Gasteiger partial charge in [0.25, 0.3) is 0 Å².